The average molecular weight is 342 g/mol. The number of carbonyl (C=O) groups excluding carboxylic acids is 2. The Morgan fingerprint density at radius 3 is 2.36 bits per heavy atom. The van der Waals surface area contributed by atoms with Gasteiger partial charge in [0.25, 0.3) is 0 Å². The Labute approximate surface area is 147 Å². The molecule has 0 saturated carbocycles. The quantitative estimate of drug-likeness (QED) is 0.748. The van der Waals surface area contributed by atoms with Gasteiger partial charge < -0.3 is 10.2 Å². The summed E-state index contributed by atoms with van der Waals surface area (Å²) >= 11 is 0. The zero-order valence-corrected chi connectivity index (χ0v) is 14.4. The summed E-state index contributed by atoms with van der Waals surface area (Å²) in [7, 11) is 0. The lowest BCUT2D eigenvalue weighted by atomic mass is 10.1. The van der Waals surface area contributed by atoms with Crippen LogP contribution in [-0.4, -0.2) is 24.9 Å². The largest absolute Gasteiger partial charge is 0.356 e. The molecule has 0 aliphatic rings. The molecular formula is C20H23FN2O2. The fourth-order valence-electron chi connectivity index (χ4n) is 2.56. The van der Waals surface area contributed by atoms with Crippen molar-refractivity contribution in [2.75, 3.05) is 18.0 Å². The maximum Gasteiger partial charge on any atom is 0.223 e. The minimum Gasteiger partial charge on any atom is -0.356 e. The van der Waals surface area contributed by atoms with Crippen LogP contribution < -0.4 is 10.2 Å². The van der Waals surface area contributed by atoms with Crippen molar-refractivity contribution < 1.29 is 14.0 Å². The number of hydrogen-bond donors (Lipinski definition) is 1. The van der Waals surface area contributed by atoms with Gasteiger partial charge in [0.1, 0.15) is 5.82 Å². The predicted octanol–water partition coefficient (Wildman–Crippen LogP) is 3.32. The summed E-state index contributed by atoms with van der Waals surface area (Å²) in [6, 6.07) is 15.8. The second-order valence-electron chi connectivity index (χ2n) is 5.84. The number of aryl methyl sites for hydroxylation is 1. The second kappa shape index (κ2) is 9.57. The molecule has 1 N–H and O–H groups in total. The van der Waals surface area contributed by atoms with Gasteiger partial charge in [-0.3, -0.25) is 9.59 Å². The van der Waals surface area contributed by atoms with Crippen molar-refractivity contribution in [1.29, 1.82) is 0 Å². The molecule has 0 fully saturated rings. The molecule has 0 radical (unpaired) electrons. The number of anilines is 1. The highest BCUT2D eigenvalue weighted by molar-refractivity contribution is 5.92. The topological polar surface area (TPSA) is 49.4 Å². The molecule has 2 rings (SSSR count). The number of nitrogens with zero attached hydrogens (tertiary/aromatic N) is 1. The van der Waals surface area contributed by atoms with Gasteiger partial charge in [0.2, 0.25) is 11.8 Å². The van der Waals surface area contributed by atoms with Gasteiger partial charge in [-0.15, -0.1) is 0 Å². The van der Waals surface area contributed by atoms with Crippen molar-refractivity contribution >= 4 is 17.5 Å². The Balaban J connectivity index is 1.73. The molecule has 2 aromatic carbocycles. The van der Waals surface area contributed by atoms with Crippen molar-refractivity contribution in [2.24, 2.45) is 0 Å². The summed E-state index contributed by atoms with van der Waals surface area (Å²) in [6.07, 6.45) is 1.99. The standard InChI is InChI=1S/C20H23FN2O2/c1-16(24)23(19-11-9-18(21)10-12-19)15-13-20(25)22-14-5-8-17-6-3-2-4-7-17/h2-4,6-7,9-12H,5,8,13-15H2,1H3,(H,22,25). The van der Waals surface area contributed by atoms with E-state index in [0.29, 0.717) is 12.2 Å². The van der Waals surface area contributed by atoms with Gasteiger partial charge in [-0.25, -0.2) is 4.39 Å². The van der Waals surface area contributed by atoms with Crippen LogP contribution in [0, 0.1) is 5.82 Å². The van der Waals surface area contributed by atoms with Crippen LogP contribution in [0.3, 0.4) is 0 Å². The smallest absolute Gasteiger partial charge is 0.223 e. The molecule has 2 amide bonds. The van der Waals surface area contributed by atoms with E-state index in [9.17, 15) is 14.0 Å². The Morgan fingerprint density at radius 1 is 1.04 bits per heavy atom. The molecule has 0 bridgehead atoms. The fourth-order valence-corrected chi connectivity index (χ4v) is 2.56. The van der Waals surface area contributed by atoms with E-state index >= 15 is 0 Å². The molecule has 0 aliphatic carbocycles. The number of hydrogen-bond acceptors (Lipinski definition) is 2. The number of nitrogens with one attached hydrogen (secondary N) is 1. The van der Waals surface area contributed by atoms with Crippen molar-refractivity contribution in [2.45, 2.75) is 26.2 Å². The molecule has 5 heteroatoms. The van der Waals surface area contributed by atoms with E-state index in [0.717, 1.165) is 12.8 Å². The van der Waals surface area contributed by atoms with Crippen molar-refractivity contribution in [1.82, 2.24) is 5.32 Å². The van der Waals surface area contributed by atoms with Crippen LogP contribution in [0.5, 0.6) is 0 Å². The fraction of sp³-hybridized carbons (Fsp3) is 0.300. The second-order valence-corrected chi connectivity index (χ2v) is 5.84. The highest BCUT2D eigenvalue weighted by atomic mass is 19.1. The Morgan fingerprint density at radius 2 is 1.72 bits per heavy atom. The van der Waals surface area contributed by atoms with Gasteiger partial charge in [-0.1, -0.05) is 30.3 Å². The van der Waals surface area contributed by atoms with Crippen molar-refractivity contribution in [3.8, 4) is 0 Å². The molecule has 0 unspecified atom stereocenters. The number of amides is 2. The van der Waals surface area contributed by atoms with Crippen LogP contribution in [-0.2, 0) is 16.0 Å². The first kappa shape index (κ1) is 18.6. The van der Waals surface area contributed by atoms with Crippen LogP contribution in [0.15, 0.2) is 54.6 Å². The van der Waals surface area contributed by atoms with E-state index in [2.05, 4.69) is 17.4 Å². The first-order valence-corrected chi connectivity index (χ1v) is 8.40. The molecule has 0 aromatic heterocycles. The summed E-state index contributed by atoms with van der Waals surface area (Å²) in [5.41, 5.74) is 1.83. The number of halogens is 1. The normalized spacial score (nSPS) is 10.3. The minimum absolute atomic E-state index is 0.0959. The van der Waals surface area contributed by atoms with Crippen molar-refractivity contribution in [3.05, 3.63) is 66.0 Å². The Bertz CT molecular complexity index is 687. The third-order valence-corrected chi connectivity index (χ3v) is 3.89. The summed E-state index contributed by atoms with van der Waals surface area (Å²) in [4.78, 5) is 25.2. The third kappa shape index (κ3) is 6.37. The zero-order valence-electron chi connectivity index (χ0n) is 14.4. The number of carbonyl (C=O) groups is 2. The van der Waals surface area contributed by atoms with Crippen LogP contribution in [0.2, 0.25) is 0 Å². The monoisotopic (exact) mass is 342 g/mol. The molecule has 132 valence electrons. The number of rotatable bonds is 8. The molecule has 0 saturated heterocycles. The SMILES string of the molecule is CC(=O)N(CCC(=O)NCCCc1ccccc1)c1ccc(F)cc1. The average Bonchev–Trinajstić information content (AvgIpc) is 2.61. The lowest BCUT2D eigenvalue weighted by Crippen LogP contribution is -2.34. The lowest BCUT2D eigenvalue weighted by molar-refractivity contribution is -0.121. The van der Waals surface area contributed by atoms with Crippen LogP contribution >= 0.6 is 0 Å². The van der Waals surface area contributed by atoms with Crippen LogP contribution in [0.4, 0.5) is 10.1 Å². The molecule has 0 aliphatic heterocycles. The third-order valence-electron chi connectivity index (χ3n) is 3.89. The predicted molar refractivity (Wildman–Crippen MR) is 96.8 cm³/mol. The summed E-state index contributed by atoms with van der Waals surface area (Å²) in [6.45, 7) is 2.30. The number of benzene rings is 2. The van der Waals surface area contributed by atoms with Gasteiger partial charge in [0.15, 0.2) is 0 Å². The Hall–Kier alpha value is -2.69. The molecule has 25 heavy (non-hydrogen) atoms. The van der Waals surface area contributed by atoms with E-state index in [1.807, 2.05) is 18.2 Å². The first-order chi connectivity index (χ1) is 12.1. The van der Waals surface area contributed by atoms with E-state index in [4.69, 9.17) is 0 Å². The maximum absolute atomic E-state index is 13.0. The molecule has 2 aromatic rings. The summed E-state index contributed by atoms with van der Waals surface area (Å²) in [5, 5.41) is 2.87. The van der Waals surface area contributed by atoms with Gasteiger partial charge >= 0.3 is 0 Å². The maximum atomic E-state index is 13.0. The van der Waals surface area contributed by atoms with E-state index in [1.54, 1.807) is 0 Å². The Kier molecular flexibility index (Phi) is 7.14. The van der Waals surface area contributed by atoms with E-state index < -0.39 is 0 Å². The van der Waals surface area contributed by atoms with Gasteiger partial charge in [-0.05, 0) is 42.7 Å². The highest BCUT2D eigenvalue weighted by Gasteiger charge is 2.13. The highest BCUT2D eigenvalue weighted by Crippen LogP contribution is 2.15. The molecule has 4 nitrogen and oxygen atoms in total. The van der Waals surface area contributed by atoms with Crippen molar-refractivity contribution in [3.63, 3.8) is 0 Å². The summed E-state index contributed by atoms with van der Waals surface area (Å²) in [5.74, 6) is -0.631. The molecular weight excluding hydrogens is 319 g/mol. The van der Waals surface area contributed by atoms with E-state index in [1.165, 1.54) is 41.7 Å². The van der Waals surface area contributed by atoms with Gasteiger partial charge in [0, 0.05) is 32.1 Å². The van der Waals surface area contributed by atoms with Gasteiger partial charge in [-0.2, -0.15) is 0 Å². The summed E-state index contributed by atoms with van der Waals surface area (Å²) < 4.78 is 13.0. The van der Waals surface area contributed by atoms with E-state index in [-0.39, 0.29) is 30.6 Å². The zero-order chi connectivity index (χ0) is 18.1. The van der Waals surface area contributed by atoms with Crippen LogP contribution in [0.25, 0.3) is 0 Å². The first-order valence-electron chi connectivity index (χ1n) is 8.40. The minimum atomic E-state index is -0.358. The molecule has 0 heterocycles. The molecule has 0 atom stereocenters. The van der Waals surface area contributed by atoms with Gasteiger partial charge in [0.05, 0.1) is 0 Å². The lowest BCUT2D eigenvalue weighted by Gasteiger charge is -2.21. The van der Waals surface area contributed by atoms with Crippen LogP contribution in [0.1, 0.15) is 25.3 Å². The molecule has 0 spiro atoms.